The highest BCUT2D eigenvalue weighted by molar-refractivity contribution is 7.92. The molecule has 1 N–H and O–H groups in total. The molecule has 2 aromatic carbocycles. The molecule has 27 heavy (non-hydrogen) atoms. The Labute approximate surface area is 161 Å². The summed E-state index contributed by atoms with van der Waals surface area (Å²) < 4.78 is 30.4. The highest BCUT2D eigenvalue weighted by atomic mass is 32.2. The van der Waals surface area contributed by atoms with Crippen LogP contribution in [0.3, 0.4) is 0 Å². The third-order valence-corrected chi connectivity index (χ3v) is 5.39. The second kappa shape index (κ2) is 8.43. The van der Waals surface area contributed by atoms with Gasteiger partial charge in [0.25, 0.3) is 5.91 Å². The molecule has 0 aliphatic carbocycles. The number of hydrogen-bond acceptors (Lipinski definition) is 4. The normalized spacial score (nSPS) is 12.5. The van der Waals surface area contributed by atoms with E-state index >= 15 is 0 Å². The Bertz CT molecular complexity index is 910. The molecule has 146 valence electrons. The Hall–Kier alpha value is -2.54. The third kappa shape index (κ3) is 5.47. The minimum atomic E-state index is -3.38. The lowest BCUT2D eigenvalue weighted by Gasteiger charge is -2.20. The van der Waals surface area contributed by atoms with Crippen molar-refractivity contribution in [3.63, 3.8) is 0 Å². The molecular weight excluding hydrogens is 364 g/mol. The van der Waals surface area contributed by atoms with Crippen molar-refractivity contribution in [1.29, 1.82) is 0 Å². The van der Waals surface area contributed by atoms with Crippen molar-refractivity contribution in [2.75, 3.05) is 22.9 Å². The first-order valence-corrected chi connectivity index (χ1v) is 10.5. The van der Waals surface area contributed by atoms with Gasteiger partial charge in [-0.3, -0.25) is 9.10 Å². The number of anilines is 2. The van der Waals surface area contributed by atoms with Crippen LogP contribution in [0, 0.1) is 0 Å². The van der Waals surface area contributed by atoms with Crippen LogP contribution in [-0.2, 0) is 14.8 Å². The molecule has 0 fully saturated rings. The summed E-state index contributed by atoms with van der Waals surface area (Å²) in [5, 5.41) is 2.77. The number of para-hydroxylation sites is 1. The molecule has 0 aliphatic heterocycles. The number of ether oxygens (including phenoxy) is 1. The van der Waals surface area contributed by atoms with E-state index in [9.17, 15) is 13.2 Å². The molecule has 0 unspecified atom stereocenters. The van der Waals surface area contributed by atoms with Crippen LogP contribution in [0.25, 0.3) is 0 Å². The highest BCUT2D eigenvalue weighted by Gasteiger charge is 2.18. The predicted molar refractivity (Wildman–Crippen MR) is 109 cm³/mol. The molecule has 6 nitrogen and oxygen atoms in total. The maximum atomic E-state index is 12.5. The van der Waals surface area contributed by atoms with Gasteiger partial charge in [0.1, 0.15) is 5.75 Å². The van der Waals surface area contributed by atoms with Gasteiger partial charge in [0, 0.05) is 12.7 Å². The van der Waals surface area contributed by atoms with Crippen LogP contribution in [0.2, 0.25) is 0 Å². The van der Waals surface area contributed by atoms with E-state index in [1.54, 1.807) is 31.2 Å². The number of rotatable bonds is 7. The molecule has 7 heteroatoms. The Balaban J connectivity index is 2.11. The SMILES string of the molecule is CC(C)c1ccccc1O[C@H](C)C(=O)Nc1cccc(N(C)S(C)(=O)=O)c1. The summed E-state index contributed by atoms with van der Waals surface area (Å²) >= 11 is 0. The predicted octanol–water partition coefficient (Wildman–Crippen LogP) is 3.61. The number of amides is 1. The molecule has 0 heterocycles. The topological polar surface area (TPSA) is 75.7 Å². The van der Waals surface area contributed by atoms with Crippen LogP contribution in [0.15, 0.2) is 48.5 Å². The van der Waals surface area contributed by atoms with Crippen molar-refractivity contribution in [1.82, 2.24) is 0 Å². The Morgan fingerprint density at radius 2 is 1.74 bits per heavy atom. The molecule has 0 bridgehead atoms. The number of hydrogen-bond donors (Lipinski definition) is 1. The maximum Gasteiger partial charge on any atom is 0.265 e. The summed E-state index contributed by atoms with van der Waals surface area (Å²) in [6.07, 6.45) is 0.418. The average molecular weight is 391 g/mol. The zero-order valence-corrected chi connectivity index (χ0v) is 17.1. The van der Waals surface area contributed by atoms with Crippen molar-refractivity contribution in [3.8, 4) is 5.75 Å². The minimum Gasteiger partial charge on any atom is -0.481 e. The molecule has 0 saturated carbocycles. The average Bonchev–Trinajstić information content (AvgIpc) is 2.60. The van der Waals surface area contributed by atoms with Crippen LogP contribution < -0.4 is 14.4 Å². The monoisotopic (exact) mass is 390 g/mol. The minimum absolute atomic E-state index is 0.277. The van der Waals surface area contributed by atoms with Gasteiger partial charge in [-0.15, -0.1) is 0 Å². The van der Waals surface area contributed by atoms with E-state index in [0.717, 1.165) is 16.1 Å². The number of nitrogens with one attached hydrogen (secondary N) is 1. The van der Waals surface area contributed by atoms with Gasteiger partial charge < -0.3 is 10.1 Å². The molecule has 0 aromatic heterocycles. The number of carbonyl (C=O) groups excluding carboxylic acids is 1. The summed E-state index contributed by atoms with van der Waals surface area (Å²) in [7, 11) is -1.91. The van der Waals surface area contributed by atoms with E-state index in [-0.39, 0.29) is 11.8 Å². The molecule has 0 radical (unpaired) electrons. The molecule has 0 spiro atoms. The van der Waals surface area contributed by atoms with Crippen molar-refractivity contribution in [2.45, 2.75) is 32.8 Å². The molecule has 0 saturated heterocycles. The number of benzene rings is 2. The number of carbonyl (C=O) groups is 1. The summed E-state index contributed by atoms with van der Waals surface area (Å²) in [5.74, 6) is 0.646. The van der Waals surface area contributed by atoms with Crippen molar-refractivity contribution in [3.05, 3.63) is 54.1 Å². The lowest BCUT2D eigenvalue weighted by Crippen LogP contribution is -2.30. The molecular formula is C20H26N2O4S. The summed E-state index contributed by atoms with van der Waals surface area (Å²) in [5.41, 5.74) is 2.00. The number of nitrogens with zero attached hydrogens (tertiary/aromatic N) is 1. The van der Waals surface area contributed by atoms with Crippen molar-refractivity contribution < 1.29 is 17.9 Å². The van der Waals surface area contributed by atoms with Gasteiger partial charge in [0.2, 0.25) is 10.0 Å². The van der Waals surface area contributed by atoms with Gasteiger partial charge in [-0.2, -0.15) is 0 Å². The van der Waals surface area contributed by atoms with E-state index in [1.807, 2.05) is 24.3 Å². The Morgan fingerprint density at radius 3 is 2.37 bits per heavy atom. The maximum absolute atomic E-state index is 12.5. The summed E-state index contributed by atoms with van der Waals surface area (Å²) in [4.78, 5) is 12.5. The van der Waals surface area contributed by atoms with Crippen LogP contribution in [0.1, 0.15) is 32.3 Å². The zero-order chi connectivity index (χ0) is 20.2. The first-order valence-electron chi connectivity index (χ1n) is 8.70. The van der Waals surface area contributed by atoms with Crippen LogP contribution in [0.5, 0.6) is 5.75 Å². The molecule has 1 atom stereocenters. The van der Waals surface area contributed by atoms with Gasteiger partial charge in [-0.05, 0) is 42.7 Å². The number of sulfonamides is 1. The van der Waals surface area contributed by atoms with Gasteiger partial charge in [0.15, 0.2) is 6.10 Å². The lowest BCUT2D eigenvalue weighted by molar-refractivity contribution is -0.122. The second-order valence-corrected chi connectivity index (χ2v) is 8.74. The zero-order valence-electron chi connectivity index (χ0n) is 16.3. The van der Waals surface area contributed by atoms with Crippen LogP contribution >= 0.6 is 0 Å². The molecule has 1 amide bonds. The molecule has 2 aromatic rings. The fourth-order valence-corrected chi connectivity index (χ4v) is 3.02. The first-order chi connectivity index (χ1) is 12.6. The van der Waals surface area contributed by atoms with Crippen molar-refractivity contribution >= 4 is 27.3 Å². The molecule has 0 aliphatic rings. The lowest BCUT2D eigenvalue weighted by atomic mass is 10.0. The summed E-state index contributed by atoms with van der Waals surface area (Å²) in [6, 6.07) is 14.3. The van der Waals surface area contributed by atoms with E-state index in [0.29, 0.717) is 17.1 Å². The van der Waals surface area contributed by atoms with Gasteiger partial charge in [0.05, 0.1) is 11.9 Å². The fraction of sp³-hybridized carbons (Fsp3) is 0.350. The van der Waals surface area contributed by atoms with Gasteiger partial charge in [-0.25, -0.2) is 8.42 Å². The van der Waals surface area contributed by atoms with Gasteiger partial charge in [-0.1, -0.05) is 38.1 Å². The second-order valence-electron chi connectivity index (χ2n) is 6.72. The fourth-order valence-electron chi connectivity index (χ4n) is 2.52. The molecule has 2 rings (SSSR count). The third-order valence-electron chi connectivity index (χ3n) is 4.19. The summed E-state index contributed by atoms with van der Waals surface area (Å²) in [6.45, 7) is 5.81. The van der Waals surface area contributed by atoms with E-state index in [1.165, 1.54) is 7.05 Å². The van der Waals surface area contributed by atoms with Crippen molar-refractivity contribution in [2.24, 2.45) is 0 Å². The standard InChI is InChI=1S/C20H26N2O4S/c1-14(2)18-11-6-7-12-19(18)26-15(3)20(23)21-16-9-8-10-17(13-16)22(4)27(5,24)25/h6-15H,1-5H3,(H,21,23)/t15-/m1/s1. The van der Waals surface area contributed by atoms with E-state index in [4.69, 9.17) is 4.74 Å². The quantitative estimate of drug-likeness (QED) is 0.784. The van der Waals surface area contributed by atoms with Crippen LogP contribution in [-0.4, -0.2) is 33.7 Å². The largest absolute Gasteiger partial charge is 0.481 e. The Morgan fingerprint density at radius 1 is 1.07 bits per heavy atom. The van der Waals surface area contributed by atoms with E-state index < -0.39 is 16.1 Å². The highest BCUT2D eigenvalue weighted by Crippen LogP contribution is 2.27. The van der Waals surface area contributed by atoms with Crippen LogP contribution in [0.4, 0.5) is 11.4 Å². The Kier molecular flexibility index (Phi) is 6.49. The first kappa shape index (κ1) is 20.8. The smallest absolute Gasteiger partial charge is 0.265 e. The van der Waals surface area contributed by atoms with Gasteiger partial charge >= 0.3 is 0 Å². The van der Waals surface area contributed by atoms with E-state index in [2.05, 4.69) is 19.2 Å².